The number of H-pyrrole nitrogens is 1. The van der Waals surface area contributed by atoms with Gasteiger partial charge >= 0.3 is 6.09 Å². The highest BCUT2D eigenvalue weighted by Crippen LogP contribution is 2.34. The van der Waals surface area contributed by atoms with E-state index in [0.29, 0.717) is 34.4 Å². The molecule has 2 fully saturated rings. The molecule has 1 amide bonds. The molecule has 0 bridgehead atoms. The molecule has 1 saturated heterocycles. The van der Waals surface area contributed by atoms with Gasteiger partial charge in [0.25, 0.3) is 5.56 Å². The van der Waals surface area contributed by atoms with Crippen LogP contribution in [0.3, 0.4) is 0 Å². The van der Waals surface area contributed by atoms with Crippen molar-refractivity contribution in [2.75, 3.05) is 30.0 Å². The number of carbonyl (C=O) groups excluding carboxylic acids is 1. The first kappa shape index (κ1) is 21.5. The molecular weight excluding hydrogens is 451 g/mol. The zero-order valence-electron chi connectivity index (χ0n) is 17.9. The molecule has 8 nitrogen and oxygen atoms in total. The number of anilines is 2. The first-order chi connectivity index (χ1) is 15.9. The Hall–Kier alpha value is -3.33. The number of hydrogen-bond acceptors (Lipinski definition) is 6. The van der Waals surface area contributed by atoms with Crippen molar-refractivity contribution in [1.29, 1.82) is 0 Å². The number of hydrogen-bond donors (Lipinski definition) is 2. The summed E-state index contributed by atoms with van der Waals surface area (Å²) in [5.74, 6) is 0.352. The van der Waals surface area contributed by atoms with Crippen LogP contribution in [-0.4, -0.2) is 35.8 Å². The standard InChI is InChI=1S/C23H22ClFN4O4/c1-12(27-21-20(25)18(4-5-26-21)29-6-7-32-23(29)31)15-8-14-9-16(24)19(33-11-13-2-3-13)10-17(14)28-22(15)30/h4-5,8-10,12-13H,2-3,6-7,11H2,1H3,(H,26,27)(H,28,30)/t12-/m0/s1. The maximum Gasteiger partial charge on any atom is 0.414 e. The van der Waals surface area contributed by atoms with Crippen LogP contribution in [0.15, 0.2) is 35.3 Å². The topological polar surface area (TPSA) is 96.5 Å². The Morgan fingerprint density at radius 1 is 1.36 bits per heavy atom. The second-order valence-electron chi connectivity index (χ2n) is 8.30. The average Bonchev–Trinajstić information content (AvgIpc) is 3.52. The van der Waals surface area contributed by atoms with Gasteiger partial charge in [-0.25, -0.2) is 14.2 Å². The number of ether oxygens (including phenoxy) is 2. The number of fused-ring (bicyclic) bond motifs is 1. The van der Waals surface area contributed by atoms with Gasteiger partial charge in [-0.2, -0.15) is 0 Å². The summed E-state index contributed by atoms with van der Waals surface area (Å²) in [7, 11) is 0. The monoisotopic (exact) mass is 472 g/mol. The molecule has 5 rings (SSSR count). The molecule has 2 N–H and O–H groups in total. The lowest BCUT2D eigenvalue weighted by molar-refractivity contribution is 0.181. The third kappa shape index (κ3) is 4.32. The largest absolute Gasteiger partial charge is 0.492 e. The minimum atomic E-state index is -0.694. The molecule has 33 heavy (non-hydrogen) atoms. The van der Waals surface area contributed by atoms with Gasteiger partial charge in [0.2, 0.25) is 0 Å². The van der Waals surface area contributed by atoms with Crippen LogP contribution in [-0.2, 0) is 4.74 Å². The molecule has 3 heterocycles. The molecule has 0 radical (unpaired) electrons. The summed E-state index contributed by atoms with van der Waals surface area (Å²) < 4.78 is 25.7. The average molecular weight is 473 g/mol. The molecule has 1 aliphatic carbocycles. The summed E-state index contributed by atoms with van der Waals surface area (Å²) in [6.45, 7) is 2.79. The Bertz CT molecular complexity index is 1290. The lowest BCUT2D eigenvalue weighted by Gasteiger charge is -2.19. The van der Waals surface area contributed by atoms with Gasteiger partial charge in [-0.05, 0) is 43.9 Å². The maximum absolute atomic E-state index is 15.1. The van der Waals surface area contributed by atoms with Crippen molar-refractivity contribution < 1.29 is 18.7 Å². The minimum Gasteiger partial charge on any atom is -0.492 e. The molecule has 2 aromatic heterocycles. The van der Waals surface area contributed by atoms with E-state index in [1.807, 2.05) is 0 Å². The second kappa shape index (κ2) is 8.55. The SMILES string of the molecule is C[C@H](Nc1nccc(N2CCOC2=O)c1F)c1cc2cc(Cl)c(OCC3CC3)cc2[nH]c1=O. The molecule has 1 aliphatic heterocycles. The number of benzene rings is 1. The second-order valence-corrected chi connectivity index (χ2v) is 8.71. The summed E-state index contributed by atoms with van der Waals surface area (Å²) in [5.41, 5.74) is 0.736. The van der Waals surface area contributed by atoms with E-state index in [4.69, 9.17) is 21.1 Å². The number of pyridine rings is 2. The number of aromatic amines is 1. The van der Waals surface area contributed by atoms with E-state index in [2.05, 4.69) is 15.3 Å². The van der Waals surface area contributed by atoms with Crippen LogP contribution in [0.1, 0.15) is 31.4 Å². The smallest absolute Gasteiger partial charge is 0.414 e. The van der Waals surface area contributed by atoms with E-state index in [1.54, 1.807) is 25.1 Å². The van der Waals surface area contributed by atoms with Gasteiger partial charge in [-0.3, -0.25) is 9.69 Å². The molecular formula is C23H22ClFN4O4. The van der Waals surface area contributed by atoms with Crippen molar-refractivity contribution in [1.82, 2.24) is 9.97 Å². The zero-order chi connectivity index (χ0) is 23.1. The van der Waals surface area contributed by atoms with Crippen LogP contribution < -0.4 is 20.5 Å². The van der Waals surface area contributed by atoms with Crippen molar-refractivity contribution in [2.24, 2.45) is 5.92 Å². The van der Waals surface area contributed by atoms with Gasteiger partial charge in [0, 0.05) is 23.2 Å². The van der Waals surface area contributed by atoms with E-state index in [-0.39, 0.29) is 30.2 Å². The summed E-state index contributed by atoms with van der Waals surface area (Å²) in [4.78, 5) is 32.7. The molecule has 10 heteroatoms. The lowest BCUT2D eigenvalue weighted by atomic mass is 10.1. The van der Waals surface area contributed by atoms with Crippen LogP contribution in [0.25, 0.3) is 10.9 Å². The molecule has 1 saturated carbocycles. The van der Waals surface area contributed by atoms with Crippen molar-refractivity contribution in [3.63, 3.8) is 0 Å². The van der Waals surface area contributed by atoms with E-state index >= 15 is 4.39 Å². The normalized spacial score (nSPS) is 16.7. The number of nitrogens with zero attached hydrogens (tertiary/aromatic N) is 2. The summed E-state index contributed by atoms with van der Waals surface area (Å²) in [5, 5.41) is 4.12. The quantitative estimate of drug-likeness (QED) is 0.520. The Morgan fingerprint density at radius 2 is 2.18 bits per heavy atom. The number of halogens is 2. The van der Waals surface area contributed by atoms with Gasteiger partial charge < -0.3 is 19.8 Å². The number of amides is 1. The van der Waals surface area contributed by atoms with E-state index in [1.165, 1.54) is 17.2 Å². The lowest BCUT2D eigenvalue weighted by Crippen LogP contribution is -2.25. The molecule has 3 aromatic rings. The Morgan fingerprint density at radius 3 is 2.91 bits per heavy atom. The molecule has 0 spiro atoms. The fourth-order valence-corrected chi connectivity index (χ4v) is 4.01. The highest BCUT2D eigenvalue weighted by Gasteiger charge is 2.28. The van der Waals surface area contributed by atoms with Crippen molar-refractivity contribution in [3.8, 4) is 5.75 Å². The van der Waals surface area contributed by atoms with Gasteiger partial charge in [0.15, 0.2) is 11.6 Å². The Labute approximate surface area is 193 Å². The van der Waals surface area contributed by atoms with Crippen LogP contribution in [0.5, 0.6) is 5.75 Å². The van der Waals surface area contributed by atoms with Crippen LogP contribution in [0.2, 0.25) is 5.02 Å². The summed E-state index contributed by atoms with van der Waals surface area (Å²) >= 11 is 6.39. The van der Waals surface area contributed by atoms with Gasteiger partial charge in [-0.1, -0.05) is 11.6 Å². The van der Waals surface area contributed by atoms with Crippen LogP contribution >= 0.6 is 11.6 Å². The van der Waals surface area contributed by atoms with Gasteiger partial charge in [-0.15, -0.1) is 0 Å². The number of nitrogens with one attached hydrogen (secondary N) is 2. The first-order valence-electron chi connectivity index (χ1n) is 10.8. The number of aromatic nitrogens is 2. The highest BCUT2D eigenvalue weighted by atomic mass is 35.5. The van der Waals surface area contributed by atoms with Gasteiger partial charge in [0.1, 0.15) is 12.4 Å². The van der Waals surface area contributed by atoms with Crippen LogP contribution in [0, 0.1) is 11.7 Å². The van der Waals surface area contributed by atoms with Crippen LogP contribution in [0.4, 0.5) is 20.7 Å². The maximum atomic E-state index is 15.1. The third-order valence-corrected chi connectivity index (χ3v) is 6.13. The molecule has 1 atom stereocenters. The van der Waals surface area contributed by atoms with Gasteiger partial charge in [0.05, 0.1) is 35.4 Å². The Kier molecular flexibility index (Phi) is 5.57. The highest BCUT2D eigenvalue weighted by molar-refractivity contribution is 6.32. The van der Waals surface area contributed by atoms with E-state index < -0.39 is 18.0 Å². The number of rotatable bonds is 7. The Balaban J connectivity index is 1.41. The van der Waals surface area contributed by atoms with Crippen molar-refractivity contribution in [2.45, 2.75) is 25.8 Å². The van der Waals surface area contributed by atoms with Crippen molar-refractivity contribution in [3.05, 3.63) is 57.2 Å². The van der Waals surface area contributed by atoms with E-state index in [9.17, 15) is 9.59 Å². The predicted molar refractivity (Wildman–Crippen MR) is 123 cm³/mol. The predicted octanol–water partition coefficient (Wildman–Crippen LogP) is 4.63. The number of carbonyl (C=O) groups is 1. The molecule has 172 valence electrons. The first-order valence-corrected chi connectivity index (χ1v) is 11.1. The van der Waals surface area contributed by atoms with Crippen molar-refractivity contribution >= 4 is 40.1 Å². The third-order valence-electron chi connectivity index (χ3n) is 5.84. The number of cyclic esters (lactones) is 1. The summed E-state index contributed by atoms with van der Waals surface area (Å²) in [6.07, 6.45) is 3.11. The fraction of sp³-hybridized carbons (Fsp3) is 0.348. The molecule has 0 unspecified atom stereocenters. The summed E-state index contributed by atoms with van der Waals surface area (Å²) in [6, 6.07) is 6.01. The fourth-order valence-electron chi connectivity index (χ4n) is 3.79. The van der Waals surface area contributed by atoms with E-state index in [0.717, 1.165) is 18.2 Å². The zero-order valence-corrected chi connectivity index (χ0v) is 18.6. The molecule has 2 aliphatic rings. The molecule has 1 aromatic carbocycles. The minimum absolute atomic E-state index is 0.0685.